The molecule has 13 N–H and O–H groups in total. The first-order valence-electron chi connectivity index (χ1n) is 42.1. The van der Waals surface area contributed by atoms with Crippen molar-refractivity contribution in [3.8, 4) is 0 Å². The smallest absolute Gasteiger partial charge is 0.481 e. The number of Topliss-reactive ketones (excluding diaryl/α,β-unsaturated/α-hetero) is 1. The molecule has 674 valence electrons. The molecule has 8 aromatic rings. The van der Waals surface area contributed by atoms with E-state index in [2.05, 4.69) is 193 Å². The average molecular weight is 1870 g/mol. The van der Waals surface area contributed by atoms with Gasteiger partial charge >= 0.3 is 47.5 Å². The maximum Gasteiger partial charge on any atom is 1.00 e. The number of fused-ring (bicyclic) bond motifs is 1. The molecule has 0 unspecified atom stereocenters. The molecule has 0 aliphatic heterocycles. The van der Waals surface area contributed by atoms with Crippen LogP contribution in [0.1, 0.15) is 42.6 Å². The van der Waals surface area contributed by atoms with Crippen LogP contribution in [0.2, 0.25) is 93.2 Å². The normalized spacial score (nSPS) is 20.9. The fourth-order valence-corrected chi connectivity index (χ4v) is 34.1. The standard InChI is InChI=1S/C16H22O3Si.C15H16Cl2OSi.2C15H20O3Si.C13H16Si.2C9H12N2O4.C5H5.Na/c1-19-16(18)15-12(11-17)9-10-14(15)20(2,3)13-7-5-4-6-8-13;1-19(2,10-6-4-3-5-7-10)12-9-8-11-13(12)14(18)15(11,16)17;2*1-19(2,12-6-4-3-5-7-12)13-9-8-11(10-16)14(13)15(17)18;1-14(2,13-10-6-7-11-13)12-8-4-3-5-9-12;2*10-8(5-12)9(13)6-1-3-7(4-2-6)11(14)15;1-2-4-5-3-1;/h4-9,14-15,17H,10-11H2,1-3H3;3-9,11-13H,1-2H3;2*3-8,13-14,16H,9-10H2,1-2H3,(H,17,18);3-11,13H,1-2H3;2*1-4,8-9,12-13H,5,10H2;1-5H;/q;;;;;;;-1;+1/t14-,15-;11-,12-,13-;2*13-,14-;;2*8-,9-;;/m0000.11../s1. The van der Waals surface area contributed by atoms with Crippen molar-refractivity contribution in [2.45, 2.75) is 141 Å². The monoisotopic (exact) mass is 1860 g/mol. The molecule has 1 fully saturated rings. The minimum atomic E-state index is -1.87. The molecule has 30 heteroatoms. The SMILES string of the molecule is COC(=O)[C@H]1C(CO)=CC[C@@H]1[Si](C)(C)c1ccccc1.C[Si](C)(c1ccccc1)C1C=CC=C1.C[Si](C)(c1ccccc1)[C@H]1C=C[C@H]2[C@@H]1C(=O)C2(Cl)Cl.C[Si](C)(c1ccccc1)[C@H]1CC=C(CO)[C@@H]1C(=O)O.C[Si](C)(c1ccccc1)[C@H]1CC=C(CO)[C@@H]1C(=O)O.N[C@H](CO)[C@H](O)c1ccc([N+](=O)[O-])cc1.N[C@H](CO)[C@H](O)c1ccc([N+](=O)[O-])cc1.[Na+].c1cc[cH-]c1. The second kappa shape index (κ2) is 49.5. The number of rotatable bonds is 24. The summed E-state index contributed by atoms with van der Waals surface area (Å²) < 4.78 is 3.78. The molecule has 14 rings (SSSR count). The van der Waals surface area contributed by atoms with E-state index in [1.54, 1.807) is 5.19 Å². The molecule has 0 amide bonds. The van der Waals surface area contributed by atoms with Gasteiger partial charge in [-0.25, -0.2) is 12.1 Å². The number of aliphatic carboxylic acids is 2. The molecule has 127 heavy (non-hydrogen) atoms. The van der Waals surface area contributed by atoms with Crippen molar-refractivity contribution in [2.24, 2.45) is 41.1 Å². The van der Waals surface area contributed by atoms with E-state index >= 15 is 0 Å². The fraction of sp³-hybridized carbons (Fsp3) is 0.351. The molecular weight excluding hydrogens is 1740 g/mol. The van der Waals surface area contributed by atoms with E-state index in [0.717, 1.165) is 24.8 Å². The Kier molecular flexibility index (Phi) is 41.8. The molecule has 22 nitrogen and oxygen atoms in total. The number of carbonyl (C=O) groups is 4. The number of esters is 1. The maximum atomic E-state index is 12.2. The molecular formula is C97H123Cl2N4NaO18Si5. The van der Waals surface area contributed by atoms with Gasteiger partial charge in [0.2, 0.25) is 0 Å². The van der Waals surface area contributed by atoms with Crippen molar-refractivity contribution >= 4 is 125 Å². The minimum absolute atomic E-state index is 0. The zero-order valence-electron chi connectivity index (χ0n) is 74.4. The van der Waals surface area contributed by atoms with Gasteiger partial charge in [0.1, 0.15) is 0 Å². The van der Waals surface area contributed by atoms with Crippen LogP contribution in [0, 0.1) is 49.8 Å². The molecule has 1 saturated carbocycles. The number of ketones is 1. The summed E-state index contributed by atoms with van der Waals surface area (Å²) in [6.45, 7) is 21.9. The number of carboxylic acid groups (broad SMARTS) is 2. The number of non-ortho nitro benzene ring substituents is 2. The van der Waals surface area contributed by atoms with Crippen molar-refractivity contribution in [1.82, 2.24) is 0 Å². The predicted octanol–water partition coefficient (Wildman–Crippen LogP) is 11.0. The van der Waals surface area contributed by atoms with E-state index in [-0.39, 0.29) is 120 Å². The Bertz CT molecular complexity index is 4820. The van der Waals surface area contributed by atoms with E-state index in [1.807, 2.05) is 109 Å². The van der Waals surface area contributed by atoms with Crippen LogP contribution in [0.3, 0.4) is 0 Å². The number of ether oxygens (including phenoxy) is 1. The van der Waals surface area contributed by atoms with Crippen LogP contribution in [-0.4, -0.2) is 176 Å². The first-order valence-corrected chi connectivity index (χ1v) is 58.2. The third kappa shape index (κ3) is 27.3. The van der Waals surface area contributed by atoms with Crippen molar-refractivity contribution in [3.63, 3.8) is 0 Å². The number of halogens is 2. The molecule has 6 aliphatic carbocycles. The van der Waals surface area contributed by atoms with Gasteiger partial charge in [0.15, 0.2) is 10.1 Å². The first-order chi connectivity index (χ1) is 59.7. The second-order valence-corrected chi connectivity index (χ2v) is 59.9. The summed E-state index contributed by atoms with van der Waals surface area (Å²) in [6.07, 6.45) is 19.4. The third-order valence-corrected chi connectivity index (χ3v) is 47.2. The van der Waals surface area contributed by atoms with Crippen LogP contribution in [0.5, 0.6) is 0 Å². The van der Waals surface area contributed by atoms with Gasteiger partial charge < -0.3 is 62.2 Å². The number of allylic oxidation sites excluding steroid dienone is 9. The van der Waals surface area contributed by atoms with Crippen LogP contribution >= 0.6 is 23.2 Å². The van der Waals surface area contributed by atoms with Crippen LogP contribution < -0.4 is 67.0 Å². The number of benzene rings is 7. The summed E-state index contributed by atoms with van der Waals surface area (Å²) in [5, 5.41) is 111. The van der Waals surface area contributed by atoms with Gasteiger partial charge in [-0.2, -0.15) is 18.2 Å². The van der Waals surface area contributed by atoms with Crippen LogP contribution in [-0.2, 0) is 23.9 Å². The van der Waals surface area contributed by atoms with E-state index < -0.39 is 103 Å². The van der Waals surface area contributed by atoms with Gasteiger partial charge in [0, 0.05) is 36.1 Å². The molecule has 0 spiro atoms. The molecule has 0 aromatic heterocycles. The number of carboxylic acids is 2. The molecule has 6 aliphatic rings. The number of carbonyl (C=O) groups excluding carboxylic acids is 2. The Labute approximate surface area is 783 Å². The topological polar surface area (TPSA) is 398 Å². The summed E-state index contributed by atoms with van der Waals surface area (Å²) in [5.41, 5.74) is 15.2. The molecule has 13 atom stereocenters. The number of nitro groups is 2. The fourth-order valence-electron chi connectivity index (χ4n) is 17.4. The van der Waals surface area contributed by atoms with Crippen molar-refractivity contribution in [2.75, 3.05) is 40.1 Å². The number of aliphatic hydroxyl groups is 7. The molecule has 8 aromatic carbocycles. The summed E-state index contributed by atoms with van der Waals surface area (Å²) in [6, 6.07) is 71.4. The third-order valence-electron chi connectivity index (χ3n) is 25.7. The summed E-state index contributed by atoms with van der Waals surface area (Å²) in [7, 11) is -7.19. The Morgan fingerprint density at radius 2 is 0.764 bits per heavy atom. The number of methoxy groups -OCH3 is 1. The van der Waals surface area contributed by atoms with Gasteiger partial charge in [-0.3, -0.25) is 39.4 Å². The van der Waals surface area contributed by atoms with Crippen molar-refractivity contribution < 1.29 is 109 Å². The summed E-state index contributed by atoms with van der Waals surface area (Å²) in [5.74, 6) is -3.15. The Morgan fingerprint density at radius 3 is 1.04 bits per heavy atom. The van der Waals surface area contributed by atoms with Crippen LogP contribution in [0.25, 0.3) is 0 Å². The van der Waals surface area contributed by atoms with Gasteiger partial charge in [-0.15, -0.1) is 0 Å². The molecule has 0 bridgehead atoms. The first kappa shape index (κ1) is 107. The minimum Gasteiger partial charge on any atom is -0.481 e. The van der Waals surface area contributed by atoms with Gasteiger partial charge in [0.05, 0.1) is 132 Å². The number of nitro benzene ring substituents is 2. The van der Waals surface area contributed by atoms with Crippen LogP contribution in [0.4, 0.5) is 11.4 Å². The van der Waals surface area contributed by atoms with E-state index in [4.69, 9.17) is 49.6 Å². The largest absolute Gasteiger partial charge is 1.00 e. The molecule has 0 saturated heterocycles. The number of alkyl halides is 2. The quantitative estimate of drug-likeness (QED) is 0.00509. The zero-order valence-corrected chi connectivity index (χ0v) is 82.9. The molecule has 0 heterocycles. The van der Waals surface area contributed by atoms with E-state index in [9.17, 15) is 75.2 Å². The maximum absolute atomic E-state index is 12.2. The Hall–Kier alpha value is -8.49. The number of nitrogens with zero attached hydrogens (tertiary/aromatic N) is 2. The Morgan fingerprint density at radius 1 is 0.465 bits per heavy atom. The zero-order chi connectivity index (χ0) is 93.1. The van der Waals surface area contributed by atoms with Crippen molar-refractivity contribution in [1.29, 1.82) is 0 Å². The number of hydrogen-bond donors (Lipinski definition) is 11. The van der Waals surface area contributed by atoms with Gasteiger partial charge in [-0.1, -0.05) is 321 Å². The van der Waals surface area contributed by atoms with E-state index in [0.29, 0.717) is 33.4 Å². The second-order valence-electron chi connectivity index (χ2n) is 34.9. The summed E-state index contributed by atoms with van der Waals surface area (Å²) >= 11 is 12.2. The van der Waals surface area contributed by atoms with Crippen LogP contribution in [0.15, 0.2) is 302 Å². The van der Waals surface area contributed by atoms with Gasteiger partial charge in [0.25, 0.3) is 11.4 Å². The number of nitrogens with two attached hydrogens (primary N) is 2. The Balaban J connectivity index is 0.000000227. The average Bonchev–Trinajstić information content (AvgIpc) is 1.56. The number of hydrogen-bond acceptors (Lipinski definition) is 18. The van der Waals surface area contributed by atoms with E-state index in [1.165, 1.54) is 76.4 Å². The van der Waals surface area contributed by atoms with Crippen molar-refractivity contribution in [3.05, 3.63) is 333 Å². The summed E-state index contributed by atoms with van der Waals surface area (Å²) in [4.78, 5) is 67.0. The van der Waals surface area contributed by atoms with Gasteiger partial charge in [-0.05, 0) is 99.1 Å². The molecule has 0 radical (unpaired) electrons. The number of aliphatic hydroxyl groups excluding tert-OH is 7. The predicted molar refractivity (Wildman–Crippen MR) is 516 cm³/mol.